The van der Waals surface area contributed by atoms with Crippen molar-refractivity contribution in [1.29, 1.82) is 0 Å². The Morgan fingerprint density at radius 3 is 2.65 bits per heavy atom. The van der Waals surface area contributed by atoms with Crippen LogP contribution in [0.25, 0.3) is 11.1 Å². The molecule has 1 aromatic carbocycles. The maximum atomic E-state index is 13.6. The Labute approximate surface area is 217 Å². The van der Waals surface area contributed by atoms with Gasteiger partial charge in [0.05, 0.1) is 25.6 Å². The van der Waals surface area contributed by atoms with Gasteiger partial charge in [0.1, 0.15) is 11.7 Å². The second-order valence-corrected chi connectivity index (χ2v) is 9.88. The minimum atomic E-state index is -0.402. The predicted molar refractivity (Wildman–Crippen MR) is 141 cm³/mol. The number of aliphatic hydroxyl groups excluding tert-OH is 1. The van der Waals surface area contributed by atoms with Gasteiger partial charge in [0.25, 0.3) is 5.91 Å². The van der Waals surface area contributed by atoms with Gasteiger partial charge >= 0.3 is 0 Å². The monoisotopic (exact) mass is 502 g/mol. The number of hydrogen-bond acceptors (Lipinski definition) is 6. The molecule has 8 heteroatoms. The fraction of sp³-hybridized carbons (Fsp3) is 0.379. The zero-order valence-corrected chi connectivity index (χ0v) is 21.8. The summed E-state index contributed by atoms with van der Waals surface area (Å²) in [6, 6.07) is 13.1. The first kappa shape index (κ1) is 26.3. The molecule has 2 amide bonds. The minimum Gasteiger partial charge on any atom is -0.472 e. The van der Waals surface area contributed by atoms with Gasteiger partial charge in [-0.3, -0.25) is 14.6 Å². The first-order chi connectivity index (χ1) is 17.8. The van der Waals surface area contributed by atoms with E-state index < -0.39 is 6.10 Å². The van der Waals surface area contributed by atoms with Crippen LogP contribution >= 0.6 is 0 Å². The number of rotatable bonds is 7. The van der Waals surface area contributed by atoms with E-state index in [1.165, 1.54) is 0 Å². The number of likely N-dealkylation sites (N-methyl/N-ethyl adjacent to an activating group) is 1. The summed E-state index contributed by atoms with van der Waals surface area (Å²) in [4.78, 5) is 38.5. The number of aromatic nitrogens is 2. The van der Waals surface area contributed by atoms with Crippen molar-refractivity contribution >= 4 is 11.8 Å². The zero-order chi connectivity index (χ0) is 26.5. The fourth-order valence-corrected chi connectivity index (χ4v) is 4.41. The lowest BCUT2D eigenvalue weighted by atomic mass is 9.99. The normalized spacial score (nSPS) is 18.3. The van der Waals surface area contributed by atoms with Crippen LogP contribution < -0.4 is 4.74 Å². The highest BCUT2D eigenvalue weighted by Crippen LogP contribution is 2.30. The molecule has 8 nitrogen and oxygen atoms in total. The molecule has 0 bridgehead atoms. The van der Waals surface area contributed by atoms with Crippen LogP contribution in [-0.4, -0.2) is 75.6 Å². The predicted octanol–water partition coefficient (Wildman–Crippen LogP) is 3.37. The van der Waals surface area contributed by atoms with Gasteiger partial charge < -0.3 is 19.6 Å². The van der Waals surface area contributed by atoms with E-state index in [2.05, 4.69) is 9.97 Å². The smallest absolute Gasteiger partial charge is 0.259 e. The Hall–Kier alpha value is -3.78. The number of carbonyl (C=O) groups is 2. The number of amides is 2. The van der Waals surface area contributed by atoms with Crippen LogP contribution in [0.4, 0.5) is 0 Å². The number of aryl methyl sites for hydroxylation is 1. The Balaban J connectivity index is 1.63. The van der Waals surface area contributed by atoms with Crippen molar-refractivity contribution < 1.29 is 19.4 Å². The lowest BCUT2D eigenvalue weighted by molar-refractivity contribution is -0.130. The highest BCUT2D eigenvalue weighted by atomic mass is 16.5. The molecule has 0 saturated heterocycles. The third-order valence-corrected chi connectivity index (χ3v) is 6.86. The van der Waals surface area contributed by atoms with Gasteiger partial charge in [-0.2, -0.15) is 0 Å². The number of pyridine rings is 2. The quantitative estimate of drug-likeness (QED) is 0.532. The van der Waals surface area contributed by atoms with Crippen molar-refractivity contribution in [3.05, 3.63) is 77.7 Å². The van der Waals surface area contributed by atoms with Crippen molar-refractivity contribution in [2.45, 2.75) is 39.3 Å². The summed E-state index contributed by atoms with van der Waals surface area (Å²) in [6.45, 7) is 6.38. The molecule has 4 rings (SSSR count). The fourth-order valence-electron chi connectivity index (χ4n) is 4.41. The van der Waals surface area contributed by atoms with E-state index >= 15 is 0 Å². The SMILES string of the molecule is Cc1ccc(-c2cnc3c(c2)C(=O)N([C@H](C)CO)C[C@@H](C)[C@H](CN(C)C(=O)Cc2cccnc2)O3)cc1. The largest absolute Gasteiger partial charge is 0.472 e. The Kier molecular flexibility index (Phi) is 8.18. The molecule has 0 spiro atoms. The second-order valence-electron chi connectivity index (χ2n) is 9.88. The van der Waals surface area contributed by atoms with Gasteiger partial charge in [-0.1, -0.05) is 42.8 Å². The first-order valence-electron chi connectivity index (χ1n) is 12.5. The molecule has 1 N–H and O–H groups in total. The van der Waals surface area contributed by atoms with Crippen LogP contribution in [0.2, 0.25) is 0 Å². The van der Waals surface area contributed by atoms with E-state index in [9.17, 15) is 14.7 Å². The van der Waals surface area contributed by atoms with Gasteiger partial charge in [-0.25, -0.2) is 4.98 Å². The molecule has 0 unspecified atom stereocenters. The molecular formula is C29H34N4O4. The number of fused-ring (bicyclic) bond motifs is 1. The van der Waals surface area contributed by atoms with E-state index in [0.717, 1.165) is 22.3 Å². The number of hydrogen-bond donors (Lipinski definition) is 1. The molecule has 1 aliphatic rings. The maximum absolute atomic E-state index is 13.6. The summed E-state index contributed by atoms with van der Waals surface area (Å²) in [5.74, 6) is -0.159. The van der Waals surface area contributed by atoms with Crippen LogP contribution in [0.1, 0.15) is 35.3 Å². The van der Waals surface area contributed by atoms with Crippen LogP contribution in [-0.2, 0) is 11.2 Å². The molecule has 2 aromatic heterocycles. The van der Waals surface area contributed by atoms with Gasteiger partial charge in [-0.05, 0) is 37.1 Å². The highest BCUT2D eigenvalue weighted by Gasteiger charge is 2.34. The van der Waals surface area contributed by atoms with E-state index in [1.807, 2.05) is 57.2 Å². The molecule has 3 heterocycles. The summed E-state index contributed by atoms with van der Waals surface area (Å²) in [7, 11) is 1.75. The van der Waals surface area contributed by atoms with Crippen molar-refractivity contribution in [2.75, 3.05) is 26.7 Å². The van der Waals surface area contributed by atoms with E-state index in [1.54, 1.807) is 41.5 Å². The summed E-state index contributed by atoms with van der Waals surface area (Å²) in [5, 5.41) is 9.89. The summed E-state index contributed by atoms with van der Waals surface area (Å²) < 4.78 is 6.33. The van der Waals surface area contributed by atoms with E-state index in [4.69, 9.17) is 4.74 Å². The van der Waals surface area contributed by atoms with Gasteiger partial charge in [0.2, 0.25) is 11.8 Å². The Morgan fingerprint density at radius 1 is 1.22 bits per heavy atom. The van der Waals surface area contributed by atoms with E-state index in [0.29, 0.717) is 18.7 Å². The first-order valence-corrected chi connectivity index (χ1v) is 12.5. The Bertz CT molecular complexity index is 1230. The number of aliphatic hydroxyl groups is 1. The van der Waals surface area contributed by atoms with Crippen molar-refractivity contribution in [2.24, 2.45) is 5.92 Å². The zero-order valence-electron chi connectivity index (χ0n) is 21.8. The average Bonchev–Trinajstić information content (AvgIpc) is 2.91. The molecular weight excluding hydrogens is 468 g/mol. The van der Waals surface area contributed by atoms with Crippen LogP contribution in [0.15, 0.2) is 61.1 Å². The highest BCUT2D eigenvalue weighted by molar-refractivity contribution is 5.98. The van der Waals surface area contributed by atoms with Gasteiger partial charge in [0.15, 0.2) is 0 Å². The molecule has 0 fully saturated rings. The summed E-state index contributed by atoms with van der Waals surface area (Å²) in [6.07, 6.45) is 4.91. The third kappa shape index (κ3) is 6.14. The van der Waals surface area contributed by atoms with Crippen LogP contribution in [0.5, 0.6) is 5.88 Å². The standard InChI is InChI=1S/C29H34N4O4/c1-19-7-9-23(10-8-19)24-13-25-28(31-15-24)37-26(20(2)16-33(29(25)36)21(3)18-34)17-32(4)27(35)12-22-6-5-11-30-14-22/h5-11,13-15,20-21,26,34H,12,16-18H2,1-4H3/t20-,21-,26+/m1/s1. The molecule has 3 aromatic rings. The molecule has 0 aliphatic carbocycles. The van der Waals surface area contributed by atoms with Crippen molar-refractivity contribution in [1.82, 2.24) is 19.8 Å². The maximum Gasteiger partial charge on any atom is 0.259 e. The van der Waals surface area contributed by atoms with E-state index in [-0.39, 0.29) is 42.7 Å². The number of carbonyl (C=O) groups excluding carboxylic acids is 2. The molecule has 37 heavy (non-hydrogen) atoms. The Morgan fingerprint density at radius 2 is 1.97 bits per heavy atom. The lowest BCUT2D eigenvalue weighted by Crippen LogP contribution is -2.50. The van der Waals surface area contributed by atoms with Crippen molar-refractivity contribution in [3.8, 4) is 17.0 Å². The second kappa shape index (κ2) is 11.5. The van der Waals surface area contributed by atoms with Crippen molar-refractivity contribution in [3.63, 3.8) is 0 Å². The number of ether oxygens (including phenoxy) is 1. The molecule has 1 aliphatic heterocycles. The summed E-state index contributed by atoms with van der Waals surface area (Å²) >= 11 is 0. The molecule has 0 saturated carbocycles. The minimum absolute atomic E-state index is 0.0505. The molecule has 194 valence electrons. The number of nitrogens with zero attached hydrogens (tertiary/aromatic N) is 4. The molecule has 0 radical (unpaired) electrons. The topological polar surface area (TPSA) is 95.9 Å². The van der Waals surface area contributed by atoms with Gasteiger partial charge in [-0.15, -0.1) is 0 Å². The number of benzene rings is 1. The van der Waals surface area contributed by atoms with Crippen LogP contribution in [0.3, 0.4) is 0 Å². The van der Waals surface area contributed by atoms with Crippen LogP contribution in [0, 0.1) is 12.8 Å². The molecule has 3 atom stereocenters. The third-order valence-electron chi connectivity index (χ3n) is 6.86. The average molecular weight is 503 g/mol. The lowest BCUT2D eigenvalue weighted by Gasteiger charge is -2.37. The summed E-state index contributed by atoms with van der Waals surface area (Å²) in [5.41, 5.74) is 4.09. The van der Waals surface area contributed by atoms with Gasteiger partial charge in [0, 0.05) is 43.7 Å².